The molecule has 3 rings (SSSR count). The molecule has 0 saturated heterocycles. The van der Waals surface area contributed by atoms with Crippen LogP contribution in [0.5, 0.6) is 17.2 Å². The van der Waals surface area contributed by atoms with Gasteiger partial charge in [0.2, 0.25) is 5.75 Å². The number of hydrogen-bond donors (Lipinski definition) is 1. The van der Waals surface area contributed by atoms with Crippen LogP contribution < -0.4 is 19.5 Å². The number of halogens is 1. The van der Waals surface area contributed by atoms with Gasteiger partial charge in [0.1, 0.15) is 0 Å². The first-order chi connectivity index (χ1) is 15.5. The topological polar surface area (TPSA) is 56.8 Å². The van der Waals surface area contributed by atoms with Crippen LogP contribution >= 0.6 is 11.6 Å². The van der Waals surface area contributed by atoms with Crippen molar-refractivity contribution in [3.8, 4) is 17.2 Å². The van der Waals surface area contributed by atoms with Gasteiger partial charge in [-0.05, 0) is 47.5 Å². The molecule has 0 aliphatic heterocycles. The van der Waals surface area contributed by atoms with Gasteiger partial charge in [0.15, 0.2) is 17.3 Å². The second-order valence-electron chi connectivity index (χ2n) is 6.77. The van der Waals surface area contributed by atoms with Crippen LogP contribution in [-0.2, 0) is 0 Å². The van der Waals surface area contributed by atoms with Crippen molar-refractivity contribution >= 4 is 35.2 Å². The predicted octanol–water partition coefficient (Wildman–Crippen LogP) is 6.34. The fourth-order valence-corrected chi connectivity index (χ4v) is 3.26. The summed E-state index contributed by atoms with van der Waals surface area (Å²) in [6.45, 7) is 0. The molecule has 3 aromatic carbocycles. The number of carbonyl (C=O) groups excluding carboxylic acids is 1. The van der Waals surface area contributed by atoms with E-state index >= 15 is 0 Å². The van der Waals surface area contributed by atoms with Crippen LogP contribution in [0.1, 0.15) is 21.5 Å². The summed E-state index contributed by atoms with van der Waals surface area (Å²) in [7, 11) is 4.75. The lowest BCUT2D eigenvalue weighted by Gasteiger charge is -2.12. The van der Waals surface area contributed by atoms with E-state index in [1.165, 1.54) is 6.08 Å². The Kier molecular flexibility index (Phi) is 7.95. The number of ether oxygens (including phenoxy) is 3. The number of anilines is 1. The Morgan fingerprint density at radius 2 is 1.53 bits per heavy atom. The highest BCUT2D eigenvalue weighted by Gasteiger charge is 2.12. The molecule has 0 bridgehead atoms. The van der Waals surface area contributed by atoms with Crippen LogP contribution in [0.3, 0.4) is 0 Å². The van der Waals surface area contributed by atoms with Crippen LogP contribution in [0.2, 0.25) is 5.02 Å². The predicted molar refractivity (Wildman–Crippen MR) is 130 cm³/mol. The van der Waals surface area contributed by atoms with Gasteiger partial charge in [0.25, 0.3) is 0 Å². The van der Waals surface area contributed by atoms with Gasteiger partial charge in [-0.3, -0.25) is 4.79 Å². The first kappa shape index (κ1) is 23.0. The van der Waals surface area contributed by atoms with Crippen molar-refractivity contribution in [2.24, 2.45) is 0 Å². The molecule has 0 radical (unpaired) electrons. The van der Waals surface area contributed by atoms with Crippen LogP contribution in [-0.4, -0.2) is 27.1 Å². The number of hydrogen-bond acceptors (Lipinski definition) is 5. The summed E-state index contributed by atoms with van der Waals surface area (Å²) in [5, 5.41) is 3.66. The molecule has 164 valence electrons. The largest absolute Gasteiger partial charge is 0.493 e. The quantitative estimate of drug-likeness (QED) is 0.234. The monoisotopic (exact) mass is 449 g/mol. The number of benzene rings is 3. The van der Waals surface area contributed by atoms with E-state index in [9.17, 15) is 4.79 Å². The molecule has 0 aliphatic rings. The molecule has 0 unspecified atom stereocenters. The van der Waals surface area contributed by atoms with E-state index < -0.39 is 0 Å². The molecule has 0 amide bonds. The van der Waals surface area contributed by atoms with Crippen LogP contribution in [0.4, 0.5) is 5.69 Å². The number of methoxy groups -OCH3 is 3. The zero-order chi connectivity index (χ0) is 22.9. The van der Waals surface area contributed by atoms with Gasteiger partial charge in [-0.25, -0.2) is 0 Å². The van der Waals surface area contributed by atoms with Crippen LogP contribution in [0, 0.1) is 0 Å². The first-order valence-electron chi connectivity index (χ1n) is 9.85. The third-order valence-corrected chi connectivity index (χ3v) is 4.87. The Labute approximate surface area is 192 Å². The second kappa shape index (κ2) is 11.1. The molecule has 0 atom stereocenters. The lowest BCUT2D eigenvalue weighted by atomic mass is 10.1. The van der Waals surface area contributed by atoms with E-state index in [1.54, 1.807) is 51.8 Å². The lowest BCUT2D eigenvalue weighted by Crippen LogP contribution is -1.96. The summed E-state index contributed by atoms with van der Waals surface area (Å²) in [6, 6.07) is 18.4. The van der Waals surface area contributed by atoms with Gasteiger partial charge in [-0.1, -0.05) is 48.0 Å². The number of nitrogens with one attached hydrogen (secondary N) is 1. The van der Waals surface area contributed by atoms with Crippen LogP contribution in [0.15, 0.2) is 72.9 Å². The summed E-state index contributed by atoms with van der Waals surface area (Å²) in [5.74, 6) is 1.61. The number of ketones is 1. The van der Waals surface area contributed by atoms with Crippen molar-refractivity contribution in [3.05, 3.63) is 94.7 Å². The van der Waals surface area contributed by atoms with E-state index in [2.05, 4.69) is 5.32 Å². The van der Waals surface area contributed by atoms with Gasteiger partial charge < -0.3 is 19.5 Å². The molecule has 0 aromatic heterocycles. The summed E-state index contributed by atoms with van der Waals surface area (Å²) < 4.78 is 16.2. The normalized spacial score (nSPS) is 11.0. The summed E-state index contributed by atoms with van der Waals surface area (Å²) in [5.41, 5.74) is 3.29. The Morgan fingerprint density at radius 1 is 0.844 bits per heavy atom. The maximum absolute atomic E-state index is 12.2. The van der Waals surface area contributed by atoms with Crippen molar-refractivity contribution in [1.29, 1.82) is 0 Å². The molecular formula is C26H24ClNO4. The maximum Gasteiger partial charge on any atom is 0.203 e. The SMILES string of the molecule is COc1cc(C=Cc2cccc(NC=CC(=O)c3cccc(Cl)c3)c2)cc(OC)c1OC. The van der Waals surface area contributed by atoms with E-state index in [4.69, 9.17) is 25.8 Å². The van der Waals surface area contributed by atoms with Crippen molar-refractivity contribution in [1.82, 2.24) is 0 Å². The highest BCUT2D eigenvalue weighted by atomic mass is 35.5. The van der Waals surface area contributed by atoms with E-state index in [0.29, 0.717) is 27.8 Å². The molecule has 1 N–H and O–H groups in total. The maximum atomic E-state index is 12.2. The molecule has 0 saturated carbocycles. The van der Waals surface area contributed by atoms with Gasteiger partial charge >= 0.3 is 0 Å². The van der Waals surface area contributed by atoms with Crippen LogP contribution in [0.25, 0.3) is 12.2 Å². The third-order valence-electron chi connectivity index (χ3n) is 4.64. The van der Waals surface area contributed by atoms with E-state index in [0.717, 1.165) is 16.8 Å². The summed E-state index contributed by atoms with van der Waals surface area (Å²) >= 11 is 5.94. The lowest BCUT2D eigenvalue weighted by molar-refractivity contribution is 0.104. The Morgan fingerprint density at radius 3 is 2.19 bits per heavy atom. The fourth-order valence-electron chi connectivity index (χ4n) is 3.07. The minimum Gasteiger partial charge on any atom is -0.493 e. The molecular weight excluding hydrogens is 426 g/mol. The Bertz CT molecular complexity index is 1130. The zero-order valence-electron chi connectivity index (χ0n) is 18.1. The smallest absolute Gasteiger partial charge is 0.203 e. The minimum atomic E-state index is -0.126. The minimum absolute atomic E-state index is 0.126. The molecule has 0 spiro atoms. The van der Waals surface area contributed by atoms with Gasteiger partial charge in [0, 0.05) is 28.5 Å². The second-order valence-corrected chi connectivity index (χ2v) is 7.21. The number of allylic oxidation sites excluding steroid dienone is 1. The average Bonchev–Trinajstić information content (AvgIpc) is 2.82. The molecule has 5 nitrogen and oxygen atoms in total. The first-order valence-corrected chi connectivity index (χ1v) is 10.2. The third kappa shape index (κ3) is 5.93. The Balaban J connectivity index is 1.71. The van der Waals surface area contributed by atoms with E-state index in [-0.39, 0.29) is 5.78 Å². The van der Waals surface area contributed by atoms with Crippen molar-refractivity contribution in [2.75, 3.05) is 26.6 Å². The molecule has 3 aromatic rings. The zero-order valence-corrected chi connectivity index (χ0v) is 18.8. The number of carbonyl (C=O) groups is 1. The van der Waals surface area contributed by atoms with Gasteiger partial charge in [-0.15, -0.1) is 0 Å². The average molecular weight is 450 g/mol. The fraction of sp³-hybridized carbons (Fsp3) is 0.115. The van der Waals surface area contributed by atoms with Crippen molar-refractivity contribution < 1.29 is 19.0 Å². The molecule has 6 heteroatoms. The van der Waals surface area contributed by atoms with Gasteiger partial charge in [0.05, 0.1) is 21.3 Å². The molecule has 0 fully saturated rings. The van der Waals surface area contributed by atoms with Gasteiger partial charge in [-0.2, -0.15) is 0 Å². The molecule has 0 heterocycles. The summed E-state index contributed by atoms with van der Waals surface area (Å²) in [6.07, 6.45) is 7.03. The highest BCUT2D eigenvalue weighted by Crippen LogP contribution is 2.38. The van der Waals surface area contributed by atoms with E-state index in [1.807, 2.05) is 48.6 Å². The van der Waals surface area contributed by atoms with Crippen molar-refractivity contribution in [3.63, 3.8) is 0 Å². The standard InChI is InChI=1S/C26H24ClNO4/c1-30-24-15-19(16-25(31-2)26(24)32-3)11-10-18-6-4-9-22(14-18)28-13-12-23(29)20-7-5-8-21(27)17-20/h4-17,28H,1-3H3. The molecule has 0 aliphatic carbocycles. The summed E-state index contributed by atoms with van der Waals surface area (Å²) in [4.78, 5) is 12.2. The Hall–Kier alpha value is -3.70. The highest BCUT2D eigenvalue weighted by molar-refractivity contribution is 6.31. The molecule has 32 heavy (non-hydrogen) atoms. The van der Waals surface area contributed by atoms with Crippen molar-refractivity contribution in [2.45, 2.75) is 0 Å². The number of rotatable bonds is 9.